The van der Waals surface area contributed by atoms with E-state index in [9.17, 15) is 9.36 Å². The van der Waals surface area contributed by atoms with Crippen molar-refractivity contribution in [1.29, 1.82) is 0 Å². The van der Waals surface area contributed by atoms with E-state index in [-0.39, 0.29) is 12.4 Å². The summed E-state index contributed by atoms with van der Waals surface area (Å²) in [6.07, 6.45) is 0. The summed E-state index contributed by atoms with van der Waals surface area (Å²) in [5.74, 6) is -0.624. The minimum atomic E-state index is -4.41. The zero-order chi connectivity index (χ0) is 9.07. The first-order valence-electron chi connectivity index (χ1n) is 3.03. The van der Waals surface area contributed by atoms with E-state index in [0.29, 0.717) is 0 Å². The quantitative estimate of drug-likeness (QED) is 0.611. The first-order valence-corrected chi connectivity index (χ1v) is 4.56. The lowest BCUT2D eigenvalue weighted by atomic mass is 10.1. The molecule has 0 aromatic carbocycles. The standard InChI is InChI=1S/C5H11O5P/c1-4(5(2)6)3-10-11(7,8)9/h4H,3H2,1-2H3,(H2,7,8,9)/t4-/m0/s1. The summed E-state index contributed by atoms with van der Waals surface area (Å²) >= 11 is 0. The molecule has 11 heavy (non-hydrogen) atoms. The fourth-order valence-corrected chi connectivity index (χ4v) is 0.744. The van der Waals surface area contributed by atoms with Gasteiger partial charge in [-0.25, -0.2) is 4.57 Å². The first-order chi connectivity index (χ1) is 4.83. The fourth-order valence-electron chi connectivity index (χ4n) is 0.326. The fraction of sp³-hybridized carbons (Fsp3) is 0.800. The summed E-state index contributed by atoms with van der Waals surface area (Å²) in [6.45, 7) is 2.64. The minimum Gasteiger partial charge on any atom is -0.303 e. The second-order valence-corrected chi connectivity index (χ2v) is 3.54. The Hall–Kier alpha value is -0.220. The number of phosphoric acid groups is 1. The smallest absolute Gasteiger partial charge is 0.303 e. The van der Waals surface area contributed by atoms with Crippen molar-refractivity contribution < 1.29 is 23.7 Å². The summed E-state index contributed by atoms with van der Waals surface area (Å²) in [6, 6.07) is 0. The van der Waals surface area contributed by atoms with E-state index in [1.807, 2.05) is 0 Å². The monoisotopic (exact) mass is 182 g/mol. The molecule has 2 N–H and O–H groups in total. The van der Waals surface area contributed by atoms with Crippen molar-refractivity contribution in [2.75, 3.05) is 6.61 Å². The topological polar surface area (TPSA) is 83.8 Å². The molecule has 0 spiro atoms. The lowest BCUT2D eigenvalue weighted by Crippen LogP contribution is -2.12. The van der Waals surface area contributed by atoms with Crippen LogP contribution in [0.4, 0.5) is 0 Å². The highest BCUT2D eigenvalue weighted by atomic mass is 31.2. The van der Waals surface area contributed by atoms with E-state index in [1.54, 1.807) is 0 Å². The Kier molecular flexibility index (Phi) is 3.89. The van der Waals surface area contributed by atoms with Gasteiger partial charge in [0.15, 0.2) is 0 Å². The molecule has 0 unspecified atom stereocenters. The Bertz CT molecular complexity index is 183. The van der Waals surface area contributed by atoms with Gasteiger partial charge in [-0.1, -0.05) is 6.92 Å². The van der Waals surface area contributed by atoms with Crippen molar-refractivity contribution in [1.82, 2.24) is 0 Å². The lowest BCUT2D eigenvalue weighted by molar-refractivity contribution is -0.121. The van der Waals surface area contributed by atoms with E-state index in [4.69, 9.17) is 9.79 Å². The number of carbonyl (C=O) groups is 1. The maximum atomic E-state index is 10.5. The Balaban J connectivity index is 3.72. The Morgan fingerprint density at radius 1 is 1.64 bits per heavy atom. The summed E-state index contributed by atoms with van der Waals surface area (Å²) in [7, 11) is -4.41. The van der Waals surface area contributed by atoms with E-state index in [1.165, 1.54) is 13.8 Å². The molecule has 0 saturated heterocycles. The van der Waals surface area contributed by atoms with Crippen LogP contribution in [0.25, 0.3) is 0 Å². The Morgan fingerprint density at radius 2 is 2.09 bits per heavy atom. The average Bonchev–Trinajstić information content (AvgIpc) is 1.80. The molecular weight excluding hydrogens is 171 g/mol. The molecule has 0 bridgehead atoms. The molecular formula is C5H11O5P. The molecule has 5 nitrogen and oxygen atoms in total. The van der Waals surface area contributed by atoms with Crippen LogP contribution in [0.2, 0.25) is 0 Å². The third-order valence-electron chi connectivity index (χ3n) is 1.19. The van der Waals surface area contributed by atoms with Gasteiger partial charge in [-0.2, -0.15) is 0 Å². The number of hydrogen-bond acceptors (Lipinski definition) is 3. The highest BCUT2D eigenvalue weighted by Crippen LogP contribution is 2.36. The SMILES string of the molecule is CC(=O)[C@@H](C)COP(=O)(O)O. The van der Waals surface area contributed by atoms with Crippen LogP contribution in [0.5, 0.6) is 0 Å². The molecule has 0 aromatic heterocycles. The van der Waals surface area contributed by atoms with E-state index < -0.39 is 13.7 Å². The van der Waals surface area contributed by atoms with Crippen LogP contribution >= 0.6 is 7.82 Å². The van der Waals surface area contributed by atoms with Gasteiger partial charge < -0.3 is 9.79 Å². The molecule has 0 aromatic rings. The maximum Gasteiger partial charge on any atom is 0.469 e. The normalized spacial score (nSPS) is 14.5. The highest BCUT2D eigenvalue weighted by Gasteiger charge is 2.17. The van der Waals surface area contributed by atoms with Crippen molar-refractivity contribution in [3.8, 4) is 0 Å². The molecule has 1 atom stereocenters. The van der Waals surface area contributed by atoms with Gasteiger partial charge in [-0.05, 0) is 6.92 Å². The van der Waals surface area contributed by atoms with Crippen molar-refractivity contribution in [2.24, 2.45) is 5.92 Å². The van der Waals surface area contributed by atoms with Crippen LogP contribution in [0.15, 0.2) is 0 Å². The lowest BCUT2D eigenvalue weighted by Gasteiger charge is -2.08. The van der Waals surface area contributed by atoms with Gasteiger partial charge >= 0.3 is 7.82 Å². The van der Waals surface area contributed by atoms with Crippen molar-refractivity contribution in [3.63, 3.8) is 0 Å². The molecule has 0 aliphatic rings. The predicted molar refractivity (Wildman–Crippen MR) is 37.8 cm³/mol. The van der Waals surface area contributed by atoms with Crippen molar-refractivity contribution in [2.45, 2.75) is 13.8 Å². The predicted octanol–water partition coefficient (Wildman–Crippen LogP) is 0.321. The first kappa shape index (κ1) is 10.8. The van der Waals surface area contributed by atoms with Gasteiger partial charge in [-0.15, -0.1) is 0 Å². The second-order valence-electron chi connectivity index (χ2n) is 2.30. The Labute approximate surface area is 64.6 Å². The summed E-state index contributed by atoms with van der Waals surface area (Å²) in [5, 5.41) is 0. The summed E-state index contributed by atoms with van der Waals surface area (Å²) in [4.78, 5) is 27.0. The molecule has 0 saturated carbocycles. The third-order valence-corrected chi connectivity index (χ3v) is 1.67. The van der Waals surface area contributed by atoms with Crippen LogP contribution < -0.4 is 0 Å². The van der Waals surface area contributed by atoms with Gasteiger partial charge in [0, 0.05) is 5.92 Å². The molecule has 0 fully saturated rings. The third kappa shape index (κ3) is 6.19. The van der Waals surface area contributed by atoms with E-state index in [0.717, 1.165) is 0 Å². The van der Waals surface area contributed by atoms with Gasteiger partial charge in [-0.3, -0.25) is 9.32 Å². The molecule has 0 aliphatic heterocycles. The zero-order valence-electron chi connectivity index (χ0n) is 6.35. The molecule has 66 valence electrons. The number of hydrogen-bond donors (Lipinski definition) is 2. The van der Waals surface area contributed by atoms with Crippen LogP contribution in [0.3, 0.4) is 0 Å². The van der Waals surface area contributed by atoms with Crippen molar-refractivity contribution >= 4 is 13.6 Å². The summed E-state index contributed by atoms with van der Waals surface area (Å²) in [5.41, 5.74) is 0. The van der Waals surface area contributed by atoms with E-state index >= 15 is 0 Å². The second kappa shape index (κ2) is 3.97. The van der Waals surface area contributed by atoms with Gasteiger partial charge in [0.2, 0.25) is 0 Å². The number of phosphoric ester groups is 1. The van der Waals surface area contributed by atoms with Crippen LogP contribution in [0.1, 0.15) is 13.8 Å². The van der Waals surface area contributed by atoms with Crippen LogP contribution in [0, 0.1) is 5.92 Å². The summed E-state index contributed by atoms with van der Waals surface area (Å²) < 4.78 is 14.2. The zero-order valence-corrected chi connectivity index (χ0v) is 7.25. The number of rotatable bonds is 4. The number of Topliss-reactive ketones (excluding diaryl/α,β-unsaturated/α-hetero) is 1. The van der Waals surface area contributed by atoms with Gasteiger partial charge in [0.05, 0.1) is 6.61 Å². The maximum absolute atomic E-state index is 10.5. The van der Waals surface area contributed by atoms with E-state index in [2.05, 4.69) is 4.52 Å². The molecule has 0 rings (SSSR count). The largest absolute Gasteiger partial charge is 0.469 e. The average molecular weight is 182 g/mol. The molecule has 0 amide bonds. The van der Waals surface area contributed by atoms with Gasteiger partial charge in [0.25, 0.3) is 0 Å². The van der Waals surface area contributed by atoms with Crippen LogP contribution in [-0.4, -0.2) is 22.2 Å². The van der Waals surface area contributed by atoms with Gasteiger partial charge in [0.1, 0.15) is 5.78 Å². The van der Waals surface area contributed by atoms with Crippen LogP contribution in [-0.2, 0) is 13.9 Å². The molecule has 0 aliphatic carbocycles. The number of carbonyl (C=O) groups excluding carboxylic acids is 1. The molecule has 0 radical (unpaired) electrons. The Morgan fingerprint density at radius 3 is 2.36 bits per heavy atom. The number of ketones is 1. The highest BCUT2D eigenvalue weighted by molar-refractivity contribution is 7.46. The molecule has 0 heterocycles. The molecule has 6 heteroatoms. The minimum absolute atomic E-state index is 0.154. The van der Waals surface area contributed by atoms with Crippen molar-refractivity contribution in [3.05, 3.63) is 0 Å².